The lowest BCUT2D eigenvalue weighted by Crippen LogP contribution is -2.41. The molecule has 1 aromatic carbocycles. The van der Waals surface area contributed by atoms with Gasteiger partial charge in [-0.2, -0.15) is 14.0 Å². The highest BCUT2D eigenvalue weighted by atomic mass is 19.3. The maximum absolute atomic E-state index is 12.6. The third-order valence-corrected chi connectivity index (χ3v) is 4.91. The number of hydrogen-bond acceptors (Lipinski definition) is 4. The van der Waals surface area contributed by atoms with Gasteiger partial charge in [-0.25, -0.2) is 0 Å². The zero-order valence-corrected chi connectivity index (χ0v) is 13.4. The number of nitrogens with zero attached hydrogens (tertiary/aromatic N) is 1. The number of rotatable bonds is 6. The minimum Gasteiger partial charge on any atom is -0.489 e. The van der Waals surface area contributed by atoms with Gasteiger partial charge in [0, 0.05) is 0 Å². The van der Waals surface area contributed by atoms with E-state index in [4.69, 9.17) is 4.74 Å². The molecule has 3 rings (SSSR count). The van der Waals surface area contributed by atoms with Crippen LogP contribution in [0.4, 0.5) is 8.78 Å². The zero-order valence-electron chi connectivity index (χ0n) is 13.4. The van der Waals surface area contributed by atoms with Crippen LogP contribution in [-0.4, -0.2) is 24.4 Å². The molecule has 0 aliphatic heterocycles. The molecular weight excluding hydrogens is 316 g/mol. The lowest BCUT2D eigenvalue weighted by Gasteiger charge is -2.36. The normalized spacial score (nSPS) is 26.9. The molecule has 130 valence electrons. The van der Waals surface area contributed by atoms with Crippen LogP contribution < -0.4 is 9.47 Å². The summed E-state index contributed by atoms with van der Waals surface area (Å²) in [5, 5.41) is 20.1. The molecule has 2 fully saturated rings. The van der Waals surface area contributed by atoms with E-state index in [2.05, 4.69) is 10.8 Å². The maximum atomic E-state index is 12.6. The number of hydrogen-bond donors (Lipinski definition) is 1. The van der Waals surface area contributed by atoms with Crippen LogP contribution in [-0.2, 0) is 5.41 Å². The Labute approximate surface area is 140 Å². The molecule has 0 amide bonds. The Morgan fingerprint density at radius 3 is 2.67 bits per heavy atom. The van der Waals surface area contributed by atoms with Gasteiger partial charge in [-0.15, -0.1) is 0 Å². The van der Waals surface area contributed by atoms with Gasteiger partial charge in [-0.3, -0.25) is 0 Å². The van der Waals surface area contributed by atoms with E-state index in [1.165, 1.54) is 6.07 Å². The first-order valence-electron chi connectivity index (χ1n) is 8.36. The summed E-state index contributed by atoms with van der Waals surface area (Å²) >= 11 is 0. The van der Waals surface area contributed by atoms with Gasteiger partial charge < -0.3 is 14.6 Å². The number of alkyl halides is 2. The Balaban J connectivity index is 1.92. The fraction of sp³-hybridized carbons (Fsp3) is 0.611. The number of halogens is 2. The first-order valence-corrected chi connectivity index (χ1v) is 8.36. The average Bonchev–Trinajstić information content (AvgIpc) is 3.38. The largest absolute Gasteiger partial charge is 0.489 e. The Bertz CT molecular complexity index is 627. The first kappa shape index (κ1) is 17.0. The first-order chi connectivity index (χ1) is 11.5. The maximum Gasteiger partial charge on any atom is 0.387 e. The molecule has 24 heavy (non-hydrogen) atoms. The summed E-state index contributed by atoms with van der Waals surface area (Å²) in [6, 6.07) is 6.82. The third kappa shape index (κ3) is 3.46. The fourth-order valence-electron chi connectivity index (χ4n) is 3.27. The molecule has 1 aromatic rings. The van der Waals surface area contributed by atoms with Crippen LogP contribution in [0.15, 0.2) is 18.2 Å². The van der Waals surface area contributed by atoms with Crippen molar-refractivity contribution in [3.8, 4) is 17.6 Å². The van der Waals surface area contributed by atoms with Crippen LogP contribution in [0.1, 0.15) is 44.1 Å². The van der Waals surface area contributed by atoms with Crippen LogP contribution in [0.25, 0.3) is 0 Å². The minimum atomic E-state index is -2.94. The molecule has 6 heteroatoms. The average molecular weight is 337 g/mol. The summed E-state index contributed by atoms with van der Waals surface area (Å²) in [6.45, 7) is -2.49. The summed E-state index contributed by atoms with van der Waals surface area (Å²) in [5.74, 6) is 0.637. The van der Waals surface area contributed by atoms with Gasteiger partial charge in [0.2, 0.25) is 0 Å². The highest BCUT2D eigenvalue weighted by molar-refractivity contribution is 5.48. The van der Waals surface area contributed by atoms with E-state index in [9.17, 15) is 19.1 Å². The van der Waals surface area contributed by atoms with E-state index in [1.807, 2.05) is 0 Å². The number of aliphatic hydroxyl groups excluding tert-OH is 1. The molecule has 4 nitrogen and oxygen atoms in total. The Hall–Kier alpha value is -1.87. The Morgan fingerprint density at radius 1 is 1.25 bits per heavy atom. The van der Waals surface area contributed by atoms with E-state index in [1.54, 1.807) is 12.1 Å². The van der Waals surface area contributed by atoms with Crippen molar-refractivity contribution in [1.82, 2.24) is 0 Å². The molecule has 2 aliphatic carbocycles. The highest BCUT2D eigenvalue weighted by Crippen LogP contribution is 2.43. The van der Waals surface area contributed by atoms with Crippen molar-refractivity contribution in [1.29, 1.82) is 5.26 Å². The lowest BCUT2D eigenvalue weighted by molar-refractivity contribution is -0.0515. The van der Waals surface area contributed by atoms with Crippen LogP contribution in [0.2, 0.25) is 0 Å². The number of nitriles is 1. The molecule has 0 radical (unpaired) electrons. The molecule has 2 saturated carbocycles. The summed E-state index contributed by atoms with van der Waals surface area (Å²) in [7, 11) is 0. The van der Waals surface area contributed by atoms with Gasteiger partial charge in [-0.1, -0.05) is 18.9 Å². The van der Waals surface area contributed by atoms with Gasteiger partial charge in [-0.05, 0) is 49.3 Å². The molecule has 0 aromatic heterocycles. The van der Waals surface area contributed by atoms with Crippen molar-refractivity contribution in [2.45, 2.75) is 56.7 Å². The van der Waals surface area contributed by atoms with Crippen LogP contribution in [0.3, 0.4) is 0 Å². The summed E-state index contributed by atoms with van der Waals surface area (Å²) < 4.78 is 35.4. The molecule has 0 saturated heterocycles. The summed E-state index contributed by atoms with van der Waals surface area (Å²) in [6.07, 6.45) is 4.20. The van der Waals surface area contributed by atoms with E-state index < -0.39 is 18.1 Å². The minimum absolute atomic E-state index is 0.0345. The quantitative estimate of drug-likeness (QED) is 0.858. The Kier molecular flexibility index (Phi) is 4.91. The van der Waals surface area contributed by atoms with E-state index in [0.29, 0.717) is 30.9 Å². The SMILES string of the molecule is N#CC1(c2ccc(OC(F)F)c(OCC3CC3)c2)CCCCC1O. The zero-order chi connectivity index (χ0) is 17.2. The van der Waals surface area contributed by atoms with E-state index >= 15 is 0 Å². The third-order valence-electron chi connectivity index (χ3n) is 4.91. The lowest BCUT2D eigenvalue weighted by atomic mass is 9.68. The van der Waals surface area contributed by atoms with Crippen molar-refractivity contribution in [2.75, 3.05) is 6.61 Å². The summed E-state index contributed by atoms with van der Waals surface area (Å²) in [4.78, 5) is 0. The number of aliphatic hydroxyl groups is 1. The molecule has 2 unspecified atom stereocenters. The van der Waals surface area contributed by atoms with Crippen molar-refractivity contribution < 1.29 is 23.4 Å². The van der Waals surface area contributed by atoms with Gasteiger partial charge in [0.25, 0.3) is 0 Å². The monoisotopic (exact) mass is 337 g/mol. The Morgan fingerprint density at radius 2 is 2.04 bits per heavy atom. The van der Waals surface area contributed by atoms with Crippen LogP contribution >= 0.6 is 0 Å². The number of ether oxygens (including phenoxy) is 2. The molecule has 0 heterocycles. The number of benzene rings is 1. The topological polar surface area (TPSA) is 62.5 Å². The second-order valence-electron chi connectivity index (χ2n) is 6.64. The van der Waals surface area contributed by atoms with Crippen molar-refractivity contribution in [3.05, 3.63) is 23.8 Å². The highest BCUT2D eigenvalue weighted by Gasteiger charge is 2.42. The fourth-order valence-corrected chi connectivity index (χ4v) is 3.27. The molecule has 1 N–H and O–H groups in total. The van der Waals surface area contributed by atoms with Gasteiger partial charge in [0.15, 0.2) is 11.5 Å². The smallest absolute Gasteiger partial charge is 0.387 e. The van der Waals surface area contributed by atoms with E-state index in [-0.39, 0.29) is 11.5 Å². The standard InChI is InChI=1S/C18H21F2NO3/c19-17(20)24-14-7-6-13(9-15(14)23-10-12-4-5-12)18(11-21)8-2-1-3-16(18)22/h6-7,9,12,16-17,22H,1-5,8,10H2. The van der Waals surface area contributed by atoms with Crippen molar-refractivity contribution >= 4 is 0 Å². The molecule has 0 spiro atoms. The van der Waals surface area contributed by atoms with Crippen molar-refractivity contribution in [2.24, 2.45) is 5.92 Å². The molecular formula is C18H21F2NO3. The van der Waals surface area contributed by atoms with Gasteiger partial charge in [0.05, 0.1) is 18.8 Å². The van der Waals surface area contributed by atoms with Crippen LogP contribution in [0.5, 0.6) is 11.5 Å². The second kappa shape index (κ2) is 6.94. The molecule has 2 atom stereocenters. The summed E-state index contributed by atoms with van der Waals surface area (Å²) in [5.41, 5.74) is -0.413. The predicted octanol–water partition coefficient (Wildman–Crippen LogP) is 3.77. The van der Waals surface area contributed by atoms with Gasteiger partial charge >= 0.3 is 6.61 Å². The second-order valence-corrected chi connectivity index (χ2v) is 6.64. The van der Waals surface area contributed by atoms with E-state index in [0.717, 1.165) is 25.7 Å². The van der Waals surface area contributed by atoms with Crippen LogP contribution in [0, 0.1) is 17.2 Å². The molecule has 0 bridgehead atoms. The van der Waals surface area contributed by atoms with Gasteiger partial charge in [0.1, 0.15) is 5.41 Å². The van der Waals surface area contributed by atoms with Crippen molar-refractivity contribution in [3.63, 3.8) is 0 Å². The molecule has 2 aliphatic rings. The predicted molar refractivity (Wildman–Crippen MR) is 83.1 cm³/mol.